The van der Waals surface area contributed by atoms with Gasteiger partial charge in [-0.1, -0.05) is 13.8 Å². The van der Waals surface area contributed by atoms with Crippen LogP contribution in [0.3, 0.4) is 0 Å². The first-order valence-corrected chi connectivity index (χ1v) is 7.85. The molecule has 0 radical (unpaired) electrons. The molecule has 0 spiro atoms. The molecule has 0 aliphatic carbocycles. The molecule has 0 bridgehead atoms. The van der Waals surface area contributed by atoms with E-state index in [1.54, 1.807) is 20.9 Å². The molecular weight excluding hydrogens is 331 g/mol. The number of carbonyl (C=O) groups excluding carboxylic acids is 1. The number of amides is 1. The molecule has 10 heteroatoms. The van der Waals surface area contributed by atoms with Gasteiger partial charge in [-0.15, -0.1) is 11.3 Å². The first kappa shape index (κ1) is 19.2. The van der Waals surface area contributed by atoms with Crippen LogP contribution in [0.15, 0.2) is 10.4 Å². The second kappa shape index (κ2) is 8.70. The molecule has 1 amide bonds. The molecule has 1 rings (SSSR count). The van der Waals surface area contributed by atoms with E-state index in [4.69, 9.17) is 0 Å². The van der Waals surface area contributed by atoms with Crippen molar-refractivity contribution in [1.29, 1.82) is 0 Å². The number of aromatic nitrogens is 1. The maximum Gasteiger partial charge on any atom is 0.434 e. The number of hydrogen-bond acceptors (Lipinski definition) is 4. The van der Waals surface area contributed by atoms with Crippen molar-refractivity contribution in [3.05, 3.63) is 16.1 Å². The Bertz CT molecular complexity index is 542. The molecule has 0 aliphatic heterocycles. The highest BCUT2D eigenvalue weighted by Gasteiger charge is 2.33. The Morgan fingerprint density at radius 3 is 2.48 bits per heavy atom. The number of thiazole rings is 1. The van der Waals surface area contributed by atoms with Crippen molar-refractivity contribution in [1.82, 2.24) is 20.9 Å². The number of rotatable bonds is 6. The maximum atomic E-state index is 12.4. The lowest BCUT2D eigenvalue weighted by molar-refractivity contribution is -0.140. The smallest absolute Gasteiger partial charge is 0.355 e. The molecule has 0 saturated carbocycles. The van der Waals surface area contributed by atoms with E-state index in [0.29, 0.717) is 24.1 Å². The highest BCUT2D eigenvalue weighted by Crippen LogP contribution is 2.29. The lowest BCUT2D eigenvalue weighted by atomic mass is 10.2. The lowest BCUT2D eigenvalue weighted by Crippen LogP contribution is -2.41. The third-order valence-electron chi connectivity index (χ3n) is 2.71. The molecule has 23 heavy (non-hydrogen) atoms. The normalized spacial score (nSPS) is 12.4. The van der Waals surface area contributed by atoms with E-state index < -0.39 is 11.9 Å². The third kappa shape index (κ3) is 6.85. The summed E-state index contributed by atoms with van der Waals surface area (Å²) in [6.45, 7) is 4.61. The summed E-state index contributed by atoms with van der Waals surface area (Å²) >= 11 is 0.931. The van der Waals surface area contributed by atoms with E-state index in [2.05, 4.69) is 25.9 Å². The summed E-state index contributed by atoms with van der Waals surface area (Å²) in [5.74, 6) is 0.296. The van der Waals surface area contributed by atoms with Crippen molar-refractivity contribution in [3.8, 4) is 0 Å². The van der Waals surface area contributed by atoms with E-state index >= 15 is 0 Å². The average Bonchev–Trinajstić information content (AvgIpc) is 2.95. The van der Waals surface area contributed by atoms with Crippen molar-refractivity contribution in [2.45, 2.75) is 26.6 Å². The summed E-state index contributed by atoms with van der Waals surface area (Å²) in [6.07, 6.45) is -4.43. The van der Waals surface area contributed by atoms with E-state index in [9.17, 15) is 18.0 Å². The first-order chi connectivity index (χ1) is 10.7. The minimum absolute atomic E-state index is 0.0442. The average molecular weight is 351 g/mol. The second-order valence-electron chi connectivity index (χ2n) is 4.92. The molecule has 130 valence electrons. The number of aliphatic imine (C=N–C) groups is 1. The molecule has 0 atom stereocenters. The van der Waals surface area contributed by atoms with Crippen LogP contribution in [0.25, 0.3) is 0 Å². The predicted molar refractivity (Wildman–Crippen MR) is 83.2 cm³/mol. The Labute approximate surface area is 136 Å². The van der Waals surface area contributed by atoms with Gasteiger partial charge in [-0.3, -0.25) is 9.79 Å². The number of guanidine groups is 1. The molecule has 0 saturated heterocycles. The Morgan fingerprint density at radius 2 is 1.96 bits per heavy atom. The van der Waals surface area contributed by atoms with Crippen LogP contribution in [0.2, 0.25) is 0 Å². The summed E-state index contributed by atoms with van der Waals surface area (Å²) in [6, 6.07) is 0. The van der Waals surface area contributed by atoms with Crippen LogP contribution in [0, 0.1) is 5.92 Å². The highest BCUT2D eigenvalue weighted by atomic mass is 32.1. The summed E-state index contributed by atoms with van der Waals surface area (Å²) in [5.41, 5.74) is -0.890. The van der Waals surface area contributed by atoms with E-state index in [1.165, 1.54) is 0 Å². The Morgan fingerprint density at radius 1 is 1.30 bits per heavy atom. The Balaban J connectivity index is 2.34. The zero-order valence-corrected chi connectivity index (χ0v) is 13.9. The van der Waals surface area contributed by atoms with Crippen molar-refractivity contribution < 1.29 is 18.0 Å². The van der Waals surface area contributed by atoms with Crippen LogP contribution < -0.4 is 16.0 Å². The molecule has 0 fully saturated rings. The van der Waals surface area contributed by atoms with E-state index in [-0.39, 0.29) is 18.4 Å². The van der Waals surface area contributed by atoms with Gasteiger partial charge in [-0.25, -0.2) is 4.98 Å². The minimum atomic E-state index is -4.43. The number of halogens is 3. The zero-order valence-electron chi connectivity index (χ0n) is 13.1. The molecule has 1 aromatic heterocycles. The molecule has 1 aromatic rings. The Hall–Kier alpha value is -1.84. The fourth-order valence-electron chi connectivity index (χ4n) is 1.47. The zero-order chi connectivity index (χ0) is 17.5. The van der Waals surface area contributed by atoms with E-state index in [0.717, 1.165) is 16.7 Å². The standard InChI is InChI=1S/C13H20F3N5OS/c1-8(2)11(22)18-4-5-19-12(17-3)20-6-10-21-9(7-23-10)13(14,15)16/h7-8H,4-6H2,1-3H3,(H,18,22)(H2,17,19,20). The van der Waals surface area contributed by atoms with Crippen LogP contribution in [0.5, 0.6) is 0 Å². The fourth-order valence-corrected chi connectivity index (χ4v) is 2.21. The number of nitrogens with one attached hydrogen (secondary N) is 3. The van der Waals surface area contributed by atoms with Gasteiger partial charge < -0.3 is 16.0 Å². The summed E-state index contributed by atoms with van der Waals surface area (Å²) in [5, 5.41) is 9.85. The van der Waals surface area contributed by atoms with Crippen LogP contribution in [-0.4, -0.2) is 37.0 Å². The molecule has 0 aliphatic rings. The number of hydrogen-bond donors (Lipinski definition) is 3. The molecule has 6 nitrogen and oxygen atoms in total. The molecule has 3 N–H and O–H groups in total. The van der Waals surface area contributed by atoms with Crippen LogP contribution in [-0.2, 0) is 17.5 Å². The fraction of sp³-hybridized carbons (Fsp3) is 0.615. The van der Waals surface area contributed by atoms with Crippen LogP contribution in [0.1, 0.15) is 24.5 Å². The van der Waals surface area contributed by atoms with Gasteiger partial charge in [-0.05, 0) is 0 Å². The van der Waals surface area contributed by atoms with Crippen LogP contribution >= 0.6 is 11.3 Å². The second-order valence-corrected chi connectivity index (χ2v) is 5.87. The van der Waals surface area contributed by atoms with Gasteiger partial charge in [0.15, 0.2) is 11.7 Å². The molecule has 0 aromatic carbocycles. The van der Waals surface area contributed by atoms with Gasteiger partial charge in [0.05, 0.1) is 6.54 Å². The molecule has 1 heterocycles. The largest absolute Gasteiger partial charge is 0.434 e. The van der Waals surface area contributed by atoms with E-state index in [1.807, 2.05) is 0 Å². The topological polar surface area (TPSA) is 78.4 Å². The van der Waals surface area contributed by atoms with Gasteiger partial charge in [-0.2, -0.15) is 13.2 Å². The molecule has 0 unspecified atom stereocenters. The highest BCUT2D eigenvalue weighted by molar-refractivity contribution is 7.09. The van der Waals surface area contributed by atoms with Crippen molar-refractivity contribution in [3.63, 3.8) is 0 Å². The first-order valence-electron chi connectivity index (χ1n) is 6.98. The third-order valence-corrected chi connectivity index (χ3v) is 3.56. The van der Waals surface area contributed by atoms with Gasteiger partial charge in [0.1, 0.15) is 5.01 Å². The van der Waals surface area contributed by atoms with Gasteiger partial charge in [0.25, 0.3) is 0 Å². The minimum Gasteiger partial charge on any atom is -0.355 e. The lowest BCUT2D eigenvalue weighted by Gasteiger charge is -2.12. The van der Waals surface area contributed by atoms with Crippen LogP contribution in [0.4, 0.5) is 13.2 Å². The summed E-state index contributed by atoms with van der Waals surface area (Å²) in [4.78, 5) is 18.8. The summed E-state index contributed by atoms with van der Waals surface area (Å²) < 4.78 is 37.3. The van der Waals surface area contributed by atoms with Gasteiger partial charge in [0, 0.05) is 31.4 Å². The number of nitrogens with zero attached hydrogens (tertiary/aromatic N) is 2. The van der Waals surface area contributed by atoms with Crippen molar-refractivity contribution >= 4 is 23.2 Å². The Kier molecular flexibility index (Phi) is 7.27. The van der Waals surface area contributed by atoms with Crippen molar-refractivity contribution in [2.75, 3.05) is 20.1 Å². The van der Waals surface area contributed by atoms with Crippen molar-refractivity contribution in [2.24, 2.45) is 10.9 Å². The predicted octanol–water partition coefficient (Wildman–Crippen LogP) is 1.60. The SMILES string of the molecule is CN=C(NCCNC(=O)C(C)C)NCc1nc(C(F)(F)F)cs1. The maximum absolute atomic E-state index is 12.4. The summed E-state index contributed by atoms with van der Waals surface area (Å²) in [7, 11) is 1.55. The quantitative estimate of drug-likeness (QED) is 0.413. The van der Waals surface area contributed by atoms with Gasteiger partial charge >= 0.3 is 6.18 Å². The molecular formula is C13H20F3N5OS. The van der Waals surface area contributed by atoms with Gasteiger partial charge in [0.2, 0.25) is 5.91 Å². The monoisotopic (exact) mass is 351 g/mol. The number of carbonyl (C=O) groups is 1. The number of alkyl halides is 3.